The number of urea groups is 1. The number of hydrogen-bond donors (Lipinski definition) is 2. The van der Waals surface area contributed by atoms with E-state index in [9.17, 15) is 9.59 Å². The number of amides is 2. The minimum absolute atomic E-state index is 0.321. The fourth-order valence-electron chi connectivity index (χ4n) is 2.18. The molecule has 2 rings (SSSR count). The summed E-state index contributed by atoms with van der Waals surface area (Å²) in [4.78, 5) is 23.5. The van der Waals surface area contributed by atoms with Gasteiger partial charge in [0.05, 0.1) is 20.3 Å². The van der Waals surface area contributed by atoms with E-state index in [0.29, 0.717) is 11.4 Å². The summed E-state index contributed by atoms with van der Waals surface area (Å²) < 4.78 is 9.86. The molecule has 2 N–H and O–H groups in total. The minimum Gasteiger partial charge on any atom is -0.497 e. The van der Waals surface area contributed by atoms with Crippen molar-refractivity contribution in [2.75, 3.05) is 14.2 Å². The molecule has 6 nitrogen and oxygen atoms in total. The molecule has 1 aromatic rings. The van der Waals surface area contributed by atoms with Gasteiger partial charge in [0.25, 0.3) is 0 Å². The molecule has 1 saturated heterocycles. The Bertz CT molecular complexity index is 539. The van der Waals surface area contributed by atoms with Crippen LogP contribution in [0.15, 0.2) is 36.5 Å². The van der Waals surface area contributed by atoms with Gasteiger partial charge in [-0.3, -0.25) is 4.79 Å². The van der Waals surface area contributed by atoms with Crippen LogP contribution in [0.4, 0.5) is 4.79 Å². The molecule has 0 radical (unpaired) electrons. The Labute approximate surface area is 116 Å². The molecule has 0 saturated carbocycles. The van der Waals surface area contributed by atoms with Gasteiger partial charge in [-0.1, -0.05) is 18.7 Å². The predicted molar refractivity (Wildman–Crippen MR) is 72.0 cm³/mol. The van der Waals surface area contributed by atoms with E-state index in [1.165, 1.54) is 7.11 Å². The SMILES string of the molecule is C=C1NC(=O)NC(c2ccc(OC)cc2)C1C(=O)OC. The van der Waals surface area contributed by atoms with Crippen molar-refractivity contribution in [3.63, 3.8) is 0 Å². The molecule has 1 heterocycles. The van der Waals surface area contributed by atoms with E-state index in [4.69, 9.17) is 9.47 Å². The molecule has 2 atom stereocenters. The molecule has 2 unspecified atom stereocenters. The van der Waals surface area contributed by atoms with E-state index in [0.717, 1.165) is 5.56 Å². The first-order chi connectivity index (χ1) is 9.56. The van der Waals surface area contributed by atoms with Gasteiger partial charge < -0.3 is 20.1 Å². The first-order valence-electron chi connectivity index (χ1n) is 6.05. The number of carbonyl (C=O) groups excluding carboxylic acids is 2. The zero-order valence-corrected chi connectivity index (χ0v) is 11.3. The molecule has 6 heteroatoms. The molecule has 0 spiro atoms. The summed E-state index contributed by atoms with van der Waals surface area (Å²) in [7, 11) is 2.87. The molecule has 1 aliphatic rings. The van der Waals surface area contributed by atoms with Crippen molar-refractivity contribution in [1.82, 2.24) is 10.6 Å². The van der Waals surface area contributed by atoms with Crippen LogP contribution >= 0.6 is 0 Å². The monoisotopic (exact) mass is 276 g/mol. The number of esters is 1. The van der Waals surface area contributed by atoms with E-state index < -0.39 is 24.0 Å². The normalized spacial score (nSPS) is 21.7. The summed E-state index contributed by atoms with van der Waals surface area (Å²) in [5, 5.41) is 5.21. The summed E-state index contributed by atoms with van der Waals surface area (Å²) in [5.41, 5.74) is 1.10. The number of rotatable bonds is 3. The lowest BCUT2D eigenvalue weighted by Crippen LogP contribution is -2.50. The Balaban J connectivity index is 2.34. The Morgan fingerprint density at radius 1 is 1.25 bits per heavy atom. The third kappa shape index (κ3) is 2.59. The van der Waals surface area contributed by atoms with Crippen molar-refractivity contribution in [3.05, 3.63) is 42.1 Å². The van der Waals surface area contributed by atoms with Crippen LogP contribution in [-0.2, 0) is 9.53 Å². The summed E-state index contributed by atoms with van der Waals surface area (Å²) in [5.74, 6) is -0.433. The summed E-state index contributed by atoms with van der Waals surface area (Å²) >= 11 is 0. The van der Waals surface area contributed by atoms with Crippen molar-refractivity contribution in [2.24, 2.45) is 5.92 Å². The molecule has 106 valence electrons. The second kappa shape index (κ2) is 5.64. The Hall–Kier alpha value is -2.50. The lowest BCUT2D eigenvalue weighted by atomic mass is 9.89. The molecular weight excluding hydrogens is 260 g/mol. The third-order valence-electron chi connectivity index (χ3n) is 3.20. The molecule has 1 aromatic carbocycles. The molecule has 2 amide bonds. The van der Waals surface area contributed by atoms with Gasteiger partial charge in [-0.15, -0.1) is 0 Å². The summed E-state index contributed by atoms with van der Waals surface area (Å²) in [6.07, 6.45) is 0. The lowest BCUT2D eigenvalue weighted by Gasteiger charge is -2.32. The fourth-order valence-corrected chi connectivity index (χ4v) is 2.18. The van der Waals surface area contributed by atoms with Gasteiger partial charge in [0.2, 0.25) is 0 Å². The Morgan fingerprint density at radius 2 is 1.90 bits per heavy atom. The Morgan fingerprint density at radius 3 is 2.45 bits per heavy atom. The number of ether oxygens (including phenoxy) is 2. The summed E-state index contributed by atoms with van der Waals surface area (Å²) in [6, 6.07) is 6.20. The molecular formula is C14H16N2O4. The van der Waals surface area contributed by atoms with E-state index in [2.05, 4.69) is 17.2 Å². The zero-order chi connectivity index (χ0) is 14.7. The van der Waals surface area contributed by atoms with E-state index in [-0.39, 0.29) is 0 Å². The first-order valence-corrected chi connectivity index (χ1v) is 6.05. The average Bonchev–Trinajstić information content (AvgIpc) is 2.46. The highest BCUT2D eigenvalue weighted by Gasteiger charge is 2.38. The predicted octanol–water partition coefficient (Wildman–Crippen LogP) is 1.35. The van der Waals surface area contributed by atoms with Crippen molar-refractivity contribution in [1.29, 1.82) is 0 Å². The second-order valence-electron chi connectivity index (χ2n) is 4.38. The van der Waals surface area contributed by atoms with Crippen molar-refractivity contribution >= 4 is 12.0 Å². The largest absolute Gasteiger partial charge is 0.497 e. The number of carbonyl (C=O) groups is 2. The highest BCUT2D eigenvalue weighted by Crippen LogP contribution is 2.31. The molecule has 20 heavy (non-hydrogen) atoms. The van der Waals surface area contributed by atoms with Crippen LogP contribution in [0.1, 0.15) is 11.6 Å². The van der Waals surface area contributed by atoms with Crippen LogP contribution in [-0.4, -0.2) is 26.2 Å². The van der Waals surface area contributed by atoms with E-state index >= 15 is 0 Å². The van der Waals surface area contributed by atoms with Crippen molar-refractivity contribution in [2.45, 2.75) is 6.04 Å². The maximum absolute atomic E-state index is 11.9. The molecule has 0 aromatic heterocycles. The number of methoxy groups -OCH3 is 2. The van der Waals surface area contributed by atoms with E-state index in [1.807, 2.05) is 0 Å². The molecule has 0 bridgehead atoms. The van der Waals surface area contributed by atoms with Gasteiger partial charge in [0.1, 0.15) is 11.7 Å². The molecule has 0 aliphatic carbocycles. The van der Waals surface area contributed by atoms with Gasteiger partial charge in [-0.05, 0) is 17.7 Å². The zero-order valence-electron chi connectivity index (χ0n) is 11.3. The topological polar surface area (TPSA) is 76.7 Å². The van der Waals surface area contributed by atoms with Gasteiger partial charge in [-0.2, -0.15) is 0 Å². The lowest BCUT2D eigenvalue weighted by molar-refractivity contribution is -0.145. The number of nitrogens with one attached hydrogen (secondary N) is 2. The molecule has 1 fully saturated rings. The van der Waals surface area contributed by atoms with Crippen LogP contribution in [0.25, 0.3) is 0 Å². The smallest absolute Gasteiger partial charge is 0.319 e. The van der Waals surface area contributed by atoms with Crippen LogP contribution < -0.4 is 15.4 Å². The van der Waals surface area contributed by atoms with Gasteiger partial charge in [0, 0.05) is 5.70 Å². The van der Waals surface area contributed by atoms with Crippen molar-refractivity contribution < 1.29 is 19.1 Å². The third-order valence-corrected chi connectivity index (χ3v) is 3.20. The molecule has 1 aliphatic heterocycles. The van der Waals surface area contributed by atoms with Gasteiger partial charge in [-0.25, -0.2) is 4.79 Å². The van der Waals surface area contributed by atoms with Crippen molar-refractivity contribution in [3.8, 4) is 5.75 Å². The second-order valence-corrected chi connectivity index (χ2v) is 4.38. The number of hydrogen-bond acceptors (Lipinski definition) is 4. The Kier molecular flexibility index (Phi) is 3.93. The standard InChI is InChI=1S/C14H16N2O4/c1-8-11(13(17)20-3)12(16-14(18)15-8)9-4-6-10(19-2)7-5-9/h4-7,11-12H,1H2,2-3H3,(H2,15,16,18). The average molecular weight is 276 g/mol. The summed E-state index contributed by atoms with van der Waals surface area (Å²) in [6.45, 7) is 3.73. The highest BCUT2D eigenvalue weighted by atomic mass is 16.5. The van der Waals surface area contributed by atoms with Crippen LogP contribution in [0.5, 0.6) is 5.75 Å². The van der Waals surface area contributed by atoms with Gasteiger partial charge in [0.15, 0.2) is 0 Å². The van der Waals surface area contributed by atoms with Crippen LogP contribution in [0.2, 0.25) is 0 Å². The number of benzene rings is 1. The fraction of sp³-hybridized carbons (Fsp3) is 0.286. The maximum atomic E-state index is 11.9. The van der Waals surface area contributed by atoms with Crippen LogP contribution in [0, 0.1) is 5.92 Å². The van der Waals surface area contributed by atoms with E-state index in [1.54, 1.807) is 31.4 Å². The first kappa shape index (κ1) is 13.9. The highest BCUT2D eigenvalue weighted by molar-refractivity contribution is 5.85. The quantitative estimate of drug-likeness (QED) is 0.817. The van der Waals surface area contributed by atoms with Gasteiger partial charge >= 0.3 is 12.0 Å². The maximum Gasteiger partial charge on any atom is 0.319 e. The minimum atomic E-state index is -0.675. The van der Waals surface area contributed by atoms with Crippen LogP contribution in [0.3, 0.4) is 0 Å².